The van der Waals surface area contributed by atoms with Gasteiger partial charge in [0.05, 0.1) is 6.42 Å². The van der Waals surface area contributed by atoms with Crippen molar-refractivity contribution in [2.75, 3.05) is 26.7 Å². The van der Waals surface area contributed by atoms with E-state index in [-0.39, 0.29) is 24.3 Å². The van der Waals surface area contributed by atoms with E-state index in [1.165, 1.54) is 17.5 Å². The van der Waals surface area contributed by atoms with Gasteiger partial charge in [-0.25, -0.2) is 4.79 Å². The van der Waals surface area contributed by atoms with E-state index in [1.807, 2.05) is 18.2 Å². The molecule has 2 rings (SSSR count). The summed E-state index contributed by atoms with van der Waals surface area (Å²) in [4.78, 5) is 37.3. The van der Waals surface area contributed by atoms with E-state index in [9.17, 15) is 14.4 Å². The second kappa shape index (κ2) is 8.90. The van der Waals surface area contributed by atoms with Crippen LogP contribution in [-0.4, -0.2) is 55.5 Å². The Morgan fingerprint density at radius 3 is 2.75 bits per heavy atom. The normalized spacial score (nSPS) is 17.1. The van der Waals surface area contributed by atoms with Gasteiger partial charge in [-0.05, 0) is 18.4 Å². The van der Waals surface area contributed by atoms with Crippen LogP contribution in [0.3, 0.4) is 0 Å². The number of hydrogen-bond donors (Lipinski definition) is 3. The Bertz CT molecular complexity index is 576. The van der Waals surface area contributed by atoms with Crippen molar-refractivity contribution in [3.63, 3.8) is 0 Å². The monoisotopic (exact) mass is 332 g/mol. The summed E-state index contributed by atoms with van der Waals surface area (Å²) in [6, 6.07) is 9.00. The first-order valence-corrected chi connectivity index (χ1v) is 8.18. The van der Waals surface area contributed by atoms with Crippen LogP contribution in [-0.2, 0) is 16.0 Å². The molecule has 0 aromatic heterocycles. The number of nitrogens with zero attached hydrogens (tertiary/aromatic N) is 1. The average Bonchev–Trinajstić information content (AvgIpc) is 2.61. The molecule has 0 aliphatic carbocycles. The summed E-state index contributed by atoms with van der Waals surface area (Å²) < 4.78 is 0. The van der Waals surface area contributed by atoms with E-state index >= 15 is 0 Å². The van der Waals surface area contributed by atoms with E-state index < -0.39 is 6.04 Å². The zero-order valence-corrected chi connectivity index (χ0v) is 13.9. The summed E-state index contributed by atoms with van der Waals surface area (Å²) in [6.07, 6.45) is 1.67. The number of benzene rings is 1. The SMILES string of the molecule is CNC(=O)C[C@@H]1C(=O)NCCN1C(=O)NCCCc1ccccc1. The number of aryl methyl sites for hydroxylation is 1. The number of hydrogen-bond acceptors (Lipinski definition) is 3. The van der Waals surface area contributed by atoms with Crippen molar-refractivity contribution in [2.24, 2.45) is 0 Å². The summed E-state index contributed by atoms with van der Waals surface area (Å²) in [5, 5.41) is 8.02. The summed E-state index contributed by atoms with van der Waals surface area (Å²) in [5.74, 6) is -0.553. The van der Waals surface area contributed by atoms with E-state index in [2.05, 4.69) is 28.1 Å². The molecule has 7 nitrogen and oxygen atoms in total. The maximum atomic E-state index is 12.3. The van der Waals surface area contributed by atoms with Crippen molar-refractivity contribution < 1.29 is 14.4 Å². The van der Waals surface area contributed by atoms with Gasteiger partial charge in [0.1, 0.15) is 6.04 Å². The Hall–Kier alpha value is -2.57. The lowest BCUT2D eigenvalue weighted by atomic mass is 10.1. The highest BCUT2D eigenvalue weighted by Crippen LogP contribution is 2.09. The predicted octanol–water partition coefficient (Wildman–Crippen LogP) is 0.265. The summed E-state index contributed by atoms with van der Waals surface area (Å²) in [5.41, 5.74) is 1.22. The topological polar surface area (TPSA) is 90.5 Å². The van der Waals surface area contributed by atoms with Gasteiger partial charge >= 0.3 is 6.03 Å². The Kier molecular flexibility index (Phi) is 6.60. The second-order valence-electron chi connectivity index (χ2n) is 5.70. The standard InChI is InChI=1S/C17H24N4O3/c1-18-15(22)12-14-16(23)19-10-11-21(14)17(24)20-9-5-8-13-6-3-2-4-7-13/h2-4,6-7,14H,5,8-12H2,1H3,(H,18,22)(H,19,23)(H,20,24)/t14-/m1/s1. The minimum absolute atomic E-state index is 0.0280. The molecular formula is C17H24N4O3. The van der Waals surface area contributed by atoms with Crippen LogP contribution >= 0.6 is 0 Å². The Morgan fingerprint density at radius 1 is 1.29 bits per heavy atom. The molecule has 24 heavy (non-hydrogen) atoms. The lowest BCUT2D eigenvalue weighted by Gasteiger charge is -2.34. The number of amides is 4. The Labute approximate surface area is 141 Å². The molecule has 1 aromatic rings. The molecule has 1 heterocycles. The lowest BCUT2D eigenvalue weighted by molar-refractivity contribution is -0.132. The van der Waals surface area contributed by atoms with Crippen molar-refractivity contribution in [1.29, 1.82) is 0 Å². The molecule has 1 fully saturated rings. The van der Waals surface area contributed by atoms with Crippen LogP contribution < -0.4 is 16.0 Å². The van der Waals surface area contributed by atoms with Gasteiger partial charge in [0.2, 0.25) is 11.8 Å². The maximum absolute atomic E-state index is 12.3. The van der Waals surface area contributed by atoms with Gasteiger partial charge in [0.15, 0.2) is 0 Å². The summed E-state index contributed by atoms with van der Waals surface area (Å²) >= 11 is 0. The van der Waals surface area contributed by atoms with Gasteiger partial charge in [0, 0.05) is 26.7 Å². The molecule has 3 N–H and O–H groups in total. The second-order valence-corrected chi connectivity index (χ2v) is 5.70. The molecule has 7 heteroatoms. The molecule has 0 radical (unpaired) electrons. The van der Waals surface area contributed by atoms with E-state index in [1.54, 1.807) is 0 Å². The van der Waals surface area contributed by atoms with Crippen LogP contribution in [0.25, 0.3) is 0 Å². The fourth-order valence-corrected chi connectivity index (χ4v) is 2.67. The highest BCUT2D eigenvalue weighted by molar-refractivity contribution is 5.92. The largest absolute Gasteiger partial charge is 0.359 e. The molecule has 0 spiro atoms. The Balaban J connectivity index is 1.82. The molecular weight excluding hydrogens is 308 g/mol. The minimum atomic E-state index is -0.757. The lowest BCUT2D eigenvalue weighted by Crippen LogP contribution is -2.60. The quantitative estimate of drug-likeness (QED) is 0.653. The van der Waals surface area contributed by atoms with Crippen LogP contribution in [0.5, 0.6) is 0 Å². The predicted molar refractivity (Wildman–Crippen MR) is 90.3 cm³/mol. The number of urea groups is 1. The summed E-state index contributed by atoms with van der Waals surface area (Å²) in [7, 11) is 1.51. The van der Waals surface area contributed by atoms with Crippen LogP contribution in [0, 0.1) is 0 Å². The van der Waals surface area contributed by atoms with Crippen molar-refractivity contribution >= 4 is 17.8 Å². The van der Waals surface area contributed by atoms with Crippen molar-refractivity contribution in [2.45, 2.75) is 25.3 Å². The third-order valence-corrected chi connectivity index (χ3v) is 4.01. The fourth-order valence-electron chi connectivity index (χ4n) is 2.67. The van der Waals surface area contributed by atoms with Gasteiger partial charge in [-0.1, -0.05) is 30.3 Å². The number of nitrogens with one attached hydrogen (secondary N) is 3. The average molecular weight is 332 g/mol. The van der Waals surface area contributed by atoms with E-state index in [0.717, 1.165) is 12.8 Å². The number of piperazine rings is 1. The van der Waals surface area contributed by atoms with Gasteiger partial charge < -0.3 is 20.9 Å². The molecule has 130 valence electrons. The highest BCUT2D eigenvalue weighted by Gasteiger charge is 2.34. The molecule has 1 aromatic carbocycles. The van der Waals surface area contributed by atoms with Crippen LogP contribution in [0.2, 0.25) is 0 Å². The molecule has 1 atom stereocenters. The third kappa shape index (κ3) is 4.97. The maximum Gasteiger partial charge on any atom is 0.318 e. The van der Waals surface area contributed by atoms with Crippen molar-refractivity contribution in [3.05, 3.63) is 35.9 Å². The molecule has 1 saturated heterocycles. The zero-order valence-electron chi connectivity index (χ0n) is 13.9. The molecule has 1 aliphatic heterocycles. The van der Waals surface area contributed by atoms with Crippen LogP contribution in [0.1, 0.15) is 18.4 Å². The van der Waals surface area contributed by atoms with E-state index in [0.29, 0.717) is 19.6 Å². The smallest absolute Gasteiger partial charge is 0.318 e. The van der Waals surface area contributed by atoms with Gasteiger partial charge in [-0.3, -0.25) is 9.59 Å². The first-order chi connectivity index (χ1) is 11.6. The summed E-state index contributed by atoms with van der Waals surface area (Å²) in [6.45, 7) is 1.33. The molecule has 0 saturated carbocycles. The minimum Gasteiger partial charge on any atom is -0.359 e. The third-order valence-electron chi connectivity index (χ3n) is 4.01. The Morgan fingerprint density at radius 2 is 2.04 bits per heavy atom. The molecule has 0 unspecified atom stereocenters. The highest BCUT2D eigenvalue weighted by atomic mass is 16.2. The van der Waals surface area contributed by atoms with Crippen molar-refractivity contribution in [3.8, 4) is 0 Å². The first kappa shape index (κ1) is 17.8. The van der Waals surface area contributed by atoms with E-state index in [4.69, 9.17) is 0 Å². The number of carbonyl (C=O) groups excluding carboxylic acids is 3. The van der Waals surface area contributed by atoms with Crippen molar-refractivity contribution in [1.82, 2.24) is 20.9 Å². The number of carbonyl (C=O) groups is 3. The fraction of sp³-hybridized carbons (Fsp3) is 0.471. The first-order valence-electron chi connectivity index (χ1n) is 8.18. The molecule has 0 bridgehead atoms. The molecule has 1 aliphatic rings. The van der Waals surface area contributed by atoms with Crippen LogP contribution in [0.4, 0.5) is 4.79 Å². The van der Waals surface area contributed by atoms with Gasteiger partial charge in [-0.2, -0.15) is 0 Å². The van der Waals surface area contributed by atoms with Gasteiger partial charge in [0.25, 0.3) is 0 Å². The van der Waals surface area contributed by atoms with Crippen LogP contribution in [0.15, 0.2) is 30.3 Å². The number of rotatable bonds is 6. The zero-order chi connectivity index (χ0) is 17.4. The van der Waals surface area contributed by atoms with Gasteiger partial charge in [-0.15, -0.1) is 0 Å². The molecule has 4 amide bonds.